The van der Waals surface area contributed by atoms with Crippen LogP contribution in [0.5, 0.6) is 0 Å². The molecule has 0 spiro atoms. The van der Waals surface area contributed by atoms with E-state index in [1.54, 1.807) is 0 Å². The SMILES string of the molecule is [2H]C([2H])([2H])n1nc(N2CCC(=O)NC2=O)c2cc(F)c(Br)cc21. The van der Waals surface area contributed by atoms with E-state index in [-0.39, 0.29) is 34.2 Å². The lowest BCUT2D eigenvalue weighted by atomic mass is 10.2. The van der Waals surface area contributed by atoms with Crippen molar-refractivity contribution in [3.63, 3.8) is 0 Å². The summed E-state index contributed by atoms with van der Waals surface area (Å²) in [5.74, 6) is -1.05. The zero-order chi connectivity index (χ0) is 16.9. The lowest BCUT2D eigenvalue weighted by Crippen LogP contribution is -2.49. The van der Waals surface area contributed by atoms with Crippen LogP contribution in [0.25, 0.3) is 10.9 Å². The van der Waals surface area contributed by atoms with E-state index < -0.39 is 24.7 Å². The monoisotopic (exact) mass is 343 g/mol. The lowest BCUT2D eigenvalue weighted by Gasteiger charge is -2.24. The summed E-state index contributed by atoms with van der Waals surface area (Å²) in [6.07, 6.45) is 0.0485. The Kier molecular flexibility index (Phi) is 2.24. The van der Waals surface area contributed by atoms with E-state index in [9.17, 15) is 14.0 Å². The first kappa shape index (κ1) is 9.87. The highest BCUT2D eigenvalue weighted by Crippen LogP contribution is 2.30. The molecule has 3 amide bonds. The number of carbonyl (C=O) groups excluding carboxylic acids is 2. The van der Waals surface area contributed by atoms with Crippen molar-refractivity contribution in [2.24, 2.45) is 6.98 Å². The second-order valence-electron chi connectivity index (χ2n) is 4.27. The van der Waals surface area contributed by atoms with Crippen molar-refractivity contribution in [1.82, 2.24) is 15.1 Å². The average Bonchev–Trinajstić information content (AvgIpc) is 2.78. The Balaban J connectivity index is 2.23. The zero-order valence-electron chi connectivity index (χ0n) is 13.0. The molecule has 2 aromatic rings. The number of benzene rings is 1. The molecule has 0 bridgehead atoms. The van der Waals surface area contributed by atoms with E-state index in [1.165, 1.54) is 6.07 Å². The highest BCUT2D eigenvalue weighted by atomic mass is 79.9. The molecule has 1 N–H and O–H groups in total. The summed E-state index contributed by atoms with van der Waals surface area (Å²) in [5, 5.41) is 6.26. The number of imide groups is 1. The zero-order valence-corrected chi connectivity index (χ0v) is 11.6. The molecule has 1 aromatic carbocycles. The standard InChI is InChI=1S/C12H10BrFN4O2/c1-17-9-5-7(13)8(14)4-6(9)11(16-17)18-3-2-10(19)15-12(18)20/h4-5H,2-3H2,1H3,(H,15,19,20)/i1D3. The summed E-state index contributed by atoms with van der Waals surface area (Å²) in [6.45, 7) is -2.56. The number of fused-ring (bicyclic) bond motifs is 1. The molecule has 1 fully saturated rings. The van der Waals surface area contributed by atoms with Crippen LogP contribution in [0, 0.1) is 5.82 Å². The molecule has 8 heteroatoms. The van der Waals surface area contributed by atoms with Gasteiger partial charge in [-0.1, -0.05) is 0 Å². The van der Waals surface area contributed by atoms with E-state index in [1.807, 2.05) is 0 Å². The van der Waals surface area contributed by atoms with Gasteiger partial charge in [-0.15, -0.1) is 0 Å². The number of hydrogen-bond donors (Lipinski definition) is 1. The van der Waals surface area contributed by atoms with Crippen LogP contribution >= 0.6 is 15.9 Å². The molecule has 2 heterocycles. The van der Waals surface area contributed by atoms with Gasteiger partial charge in [0.2, 0.25) is 5.91 Å². The van der Waals surface area contributed by atoms with E-state index in [0.717, 1.165) is 15.6 Å². The normalized spacial score (nSPS) is 18.7. The minimum Gasteiger partial charge on any atom is -0.278 e. The molecule has 0 saturated carbocycles. The number of halogens is 2. The molecule has 1 aliphatic rings. The highest BCUT2D eigenvalue weighted by Gasteiger charge is 2.28. The van der Waals surface area contributed by atoms with Crippen LogP contribution in [0.2, 0.25) is 0 Å². The number of aryl methyl sites for hydroxylation is 1. The first-order chi connectivity index (χ1) is 10.7. The topological polar surface area (TPSA) is 67.2 Å². The maximum Gasteiger partial charge on any atom is 0.329 e. The molecule has 1 saturated heterocycles. The first-order valence-corrected chi connectivity index (χ1v) is 6.47. The van der Waals surface area contributed by atoms with E-state index in [0.29, 0.717) is 0 Å². The van der Waals surface area contributed by atoms with Crippen LogP contribution in [-0.2, 0) is 11.8 Å². The van der Waals surface area contributed by atoms with Crippen molar-refractivity contribution in [1.29, 1.82) is 0 Å². The maximum absolute atomic E-state index is 13.9. The molecule has 104 valence electrons. The van der Waals surface area contributed by atoms with Crippen LogP contribution < -0.4 is 10.2 Å². The van der Waals surface area contributed by atoms with Gasteiger partial charge in [0.05, 0.1) is 9.99 Å². The first-order valence-electron chi connectivity index (χ1n) is 7.18. The number of anilines is 1. The smallest absolute Gasteiger partial charge is 0.278 e. The second kappa shape index (κ2) is 4.55. The summed E-state index contributed by atoms with van der Waals surface area (Å²) < 4.78 is 37.3. The molecular weight excluding hydrogens is 331 g/mol. The number of urea groups is 1. The third-order valence-electron chi connectivity index (χ3n) is 3.01. The Morgan fingerprint density at radius 3 is 3.00 bits per heavy atom. The Hall–Kier alpha value is -1.96. The third-order valence-corrected chi connectivity index (χ3v) is 3.62. The van der Waals surface area contributed by atoms with E-state index in [2.05, 4.69) is 26.3 Å². The fourth-order valence-corrected chi connectivity index (χ4v) is 2.39. The molecule has 1 aliphatic heterocycles. The molecule has 0 radical (unpaired) electrons. The molecular formula is C12H10BrFN4O2. The van der Waals surface area contributed by atoms with Gasteiger partial charge >= 0.3 is 6.03 Å². The predicted octanol–water partition coefficient (Wildman–Crippen LogP) is 1.92. The van der Waals surface area contributed by atoms with Gasteiger partial charge in [-0.3, -0.25) is 19.7 Å². The van der Waals surface area contributed by atoms with Crippen molar-refractivity contribution in [3.8, 4) is 0 Å². The molecule has 0 atom stereocenters. The summed E-state index contributed by atoms with van der Waals surface area (Å²) in [5.41, 5.74) is 0.151. The fraction of sp³-hybridized carbons (Fsp3) is 0.250. The summed E-state index contributed by atoms with van der Waals surface area (Å²) in [6, 6.07) is 1.68. The van der Waals surface area contributed by atoms with Crippen LogP contribution in [0.4, 0.5) is 15.0 Å². The van der Waals surface area contributed by atoms with Gasteiger partial charge in [-0.2, -0.15) is 5.10 Å². The number of carbonyl (C=O) groups is 2. The average molecular weight is 344 g/mol. The van der Waals surface area contributed by atoms with Gasteiger partial charge in [0.25, 0.3) is 0 Å². The van der Waals surface area contributed by atoms with E-state index in [4.69, 9.17) is 4.11 Å². The highest BCUT2D eigenvalue weighted by molar-refractivity contribution is 9.10. The minimum absolute atomic E-state index is 0.00692. The van der Waals surface area contributed by atoms with Crippen molar-refractivity contribution >= 4 is 44.6 Å². The van der Waals surface area contributed by atoms with Crippen LogP contribution in [0.3, 0.4) is 0 Å². The summed E-state index contributed by atoms with van der Waals surface area (Å²) >= 11 is 3.00. The Bertz CT molecular complexity index is 836. The van der Waals surface area contributed by atoms with Crippen molar-refractivity contribution in [3.05, 3.63) is 22.4 Å². The summed E-state index contributed by atoms with van der Waals surface area (Å²) in [4.78, 5) is 24.3. The largest absolute Gasteiger partial charge is 0.329 e. The molecule has 20 heavy (non-hydrogen) atoms. The summed E-state index contributed by atoms with van der Waals surface area (Å²) in [7, 11) is 0. The Morgan fingerprint density at radius 2 is 2.30 bits per heavy atom. The quantitative estimate of drug-likeness (QED) is 0.860. The van der Waals surface area contributed by atoms with Gasteiger partial charge in [0, 0.05) is 29.4 Å². The number of nitrogens with zero attached hydrogens (tertiary/aromatic N) is 3. The number of aromatic nitrogens is 2. The number of nitrogens with one attached hydrogen (secondary N) is 1. The van der Waals surface area contributed by atoms with Crippen molar-refractivity contribution < 1.29 is 18.1 Å². The number of rotatable bonds is 1. The van der Waals surface area contributed by atoms with Gasteiger partial charge in [-0.25, -0.2) is 9.18 Å². The van der Waals surface area contributed by atoms with Gasteiger partial charge < -0.3 is 0 Å². The Morgan fingerprint density at radius 1 is 1.50 bits per heavy atom. The van der Waals surface area contributed by atoms with Gasteiger partial charge in [0.15, 0.2) is 5.82 Å². The van der Waals surface area contributed by atoms with Crippen molar-refractivity contribution in [2.45, 2.75) is 6.42 Å². The fourth-order valence-electron chi connectivity index (χ4n) is 2.06. The van der Waals surface area contributed by atoms with Gasteiger partial charge in [-0.05, 0) is 28.1 Å². The third kappa shape index (κ3) is 1.96. The van der Waals surface area contributed by atoms with E-state index >= 15 is 0 Å². The van der Waals surface area contributed by atoms with Crippen molar-refractivity contribution in [2.75, 3.05) is 11.4 Å². The molecule has 3 rings (SSSR count). The second-order valence-corrected chi connectivity index (χ2v) is 5.13. The number of amides is 3. The molecule has 0 aliphatic carbocycles. The lowest BCUT2D eigenvalue weighted by molar-refractivity contribution is -0.120. The minimum atomic E-state index is -2.60. The maximum atomic E-state index is 13.9. The van der Waals surface area contributed by atoms with Crippen LogP contribution in [-0.4, -0.2) is 28.3 Å². The Labute approximate surface area is 125 Å². The van der Waals surface area contributed by atoms with Crippen LogP contribution in [0.1, 0.15) is 10.5 Å². The molecule has 1 aromatic heterocycles. The van der Waals surface area contributed by atoms with Gasteiger partial charge in [0.1, 0.15) is 5.82 Å². The predicted molar refractivity (Wildman–Crippen MR) is 73.9 cm³/mol. The molecule has 0 unspecified atom stereocenters. The molecule has 6 nitrogen and oxygen atoms in total. The number of hydrogen-bond acceptors (Lipinski definition) is 3. The van der Waals surface area contributed by atoms with Crippen LogP contribution in [0.15, 0.2) is 16.6 Å².